The van der Waals surface area contributed by atoms with E-state index in [0.717, 1.165) is 36.4 Å². The number of amides is 1. The van der Waals surface area contributed by atoms with Crippen molar-refractivity contribution in [3.05, 3.63) is 52.9 Å². The first-order valence-electron chi connectivity index (χ1n) is 7.22. The van der Waals surface area contributed by atoms with Gasteiger partial charge in [-0.2, -0.15) is 0 Å². The Kier molecular flexibility index (Phi) is 3.75. The normalized spacial score (nSPS) is 18.2. The summed E-state index contributed by atoms with van der Waals surface area (Å²) >= 11 is 0. The van der Waals surface area contributed by atoms with Crippen LogP contribution in [-0.4, -0.2) is 22.5 Å². The molecule has 5 nitrogen and oxygen atoms in total. The quantitative estimate of drug-likeness (QED) is 0.940. The first kappa shape index (κ1) is 13.8. The largest absolute Gasteiger partial charge is 0.359 e. The third kappa shape index (κ3) is 2.69. The Morgan fingerprint density at radius 3 is 2.81 bits per heavy atom. The highest BCUT2D eigenvalue weighted by Gasteiger charge is 2.33. The molecule has 1 fully saturated rings. The molecule has 5 heteroatoms. The Bertz CT molecular complexity index is 633. The second-order valence-corrected chi connectivity index (χ2v) is 5.43. The summed E-state index contributed by atoms with van der Waals surface area (Å²) in [7, 11) is 0. The fraction of sp³-hybridized carbons (Fsp3) is 0.375. The van der Waals surface area contributed by atoms with Crippen LogP contribution in [0.3, 0.4) is 0 Å². The molecule has 0 spiro atoms. The Labute approximate surface area is 123 Å². The summed E-state index contributed by atoms with van der Waals surface area (Å²) in [6.07, 6.45) is 1.90. The van der Waals surface area contributed by atoms with Crippen LogP contribution in [0.5, 0.6) is 0 Å². The van der Waals surface area contributed by atoms with Gasteiger partial charge >= 0.3 is 0 Å². The lowest BCUT2D eigenvalue weighted by Gasteiger charge is -2.22. The third-order valence-electron chi connectivity index (χ3n) is 3.92. The second-order valence-electron chi connectivity index (χ2n) is 5.43. The van der Waals surface area contributed by atoms with E-state index < -0.39 is 0 Å². The molecule has 1 saturated heterocycles. The third-order valence-corrected chi connectivity index (χ3v) is 3.92. The van der Waals surface area contributed by atoms with Crippen LogP contribution in [0.25, 0.3) is 0 Å². The number of likely N-dealkylation sites (tertiary alicyclic amines) is 1. The fourth-order valence-electron chi connectivity index (χ4n) is 2.80. The highest BCUT2D eigenvalue weighted by atomic mass is 16.5. The summed E-state index contributed by atoms with van der Waals surface area (Å²) in [5, 5.41) is 3.92. The smallest absolute Gasteiger partial charge is 0.254 e. The van der Waals surface area contributed by atoms with E-state index in [1.54, 1.807) is 0 Å². The highest BCUT2D eigenvalue weighted by Crippen LogP contribution is 2.33. The number of benzene rings is 1. The maximum atomic E-state index is 12.7. The van der Waals surface area contributed by atoms with Crippen molar-refractivity contribution in [3.8, 4) is 0 Å². The van der Waals surface area contributed by atoms with E-state index in [9.17, 15) is 4.79 Å². The molecule has 3 rings (SSSR count). The van der Waals surface area contributed by atoms with Gasteiger partial charge in [0.2, 0.25) is 0 Å². The standard InChI is InChI=1S/C16H19N3O2/c1-11-9-15(21-18-11)14-3-2-8-19(14)16(20)13-6-4-12(10-17)5-7-13/h4-7,9,14H,2-3,8,10,17H2,1H3. The van der Waals surface area contributed by atoms with Crippen molar-refractivity contribution in [2.45, 2.75) is 32.4 Å². The number of aromatic nitrogens is 1. The Balaban J connectivity index is 1.82. The van der Waals surface area contributed by atoms with Crippen molar-refractivity contribution < 1.29 is 9.32 Å². The molecule has 2 N–H and O–H groups in total. The summed E-state index contributed by atoms with van der Waals surface area (Å²) in [6, 6.07) is 9.38. The molecule has 110 valence electrons. The van der Waals surface area contributed by atoms with Crippen molar-refractivity contribution in [2.24, 2.45) is 5.73 Å². The van der Waals surface area contributed by atoms with Crippen LogP contribution in [0.15, 0.2) is 34.9 Å². The van der Waals surface area contributed by atoms with Crippen LogP contribution in [0.2, 0.25) is 0 Å². The molecule has 1 aromatic carbocycles. The topological polar surface area (TPSA) is 72.4 Å². The van der Waals surface area contributed by atoms with Crippen LogP contribution in [-0.2, 0) is 6.54 Å². The summed E-state index contributed by atoms with van der Waals surface area (Å²) in [5.41, 5.74) is 8.14. The molecule has 0 bridgehead atoms. The maximum Gasteiger partial charge on any atom is 0.254 e. The van der Waals surface area contributed by atoms with Crippen LogP contribution in [0.1, 0.15) is 46.3 Å². The SMILES string of the molecule is Cc1cc(C2CCCN2C(=O)c2ccc(CN)cc2)on1. The summed E-state index contributed by atoms with van der Waals surface area (Å²) in [5.74, 6) is 0.812. The molecule has 2 aromatic rings. The number of hydrogen-bond donors (Lipinski definition) is 1. The number of aryl methyl sites for hydroxylation is 1. The summed E-state index contributed by atoms with van der Waals surface area (Å²) in [4.78, 5) is 14.5. The van der Waals surface area contributed by atoms with Gasteiger partial charge in [-0.05, 0) is 37.5 Å². The van der Waals surface area contributed by atoms with Gasteiger partial charge in [-0.3, -0.25) is 4.79 Å². The van der Waals surface area contributed by atoms with E-state index in [-0.39, 0.29) is 11.9 Å². The lowest BCUT2D eigenvalue weighted by Crippen LogP contribution is -2.30. The van der Waals surface area contributed by atoms with Crippen LogP contribution >= 0.6 is 0 Å². The van der Waals surface area contributed by atoms with Gasteiger partial charge < -0.3 is 15.2 Å². The molecular formula is C16H19N3O2. The minimum absolute atomic E-state index is 0.00659. The second kappa shape index (κ2) is 5.69. The van der Waals surface area contributed by atoms with Gasteiger partial charge in [-0.15, -0.1) is 0 Å². The average Bonchev–Trinajstić information content (AvgIpc) is 3.15. The molecule has 1 unspecified atom stereocenters. The van der Waals surface area contributed by atoms with Crippen molar-refractivity contribution in [1.29, 1.82) is 0 Å². The van der Waals surface area contributed by atoms with E-state index in [1.807, 2.05) is 42.2 Å². The molecule has 1 amide bonds. The average molecular weight is 285 g/mol. The monoisotopic (exact) mass is 285 g/mol. The first-order chi connectivity index (χ1) is 10.2. The van der Waals surface area contributed by atoms with Crippen molar-refractivity contribution in [3.63, 3.8) is 0 Å². The molecule has 1 atom stereocenters. The maximum absolute atomic E-state index is 12.7. The van der Waals surface area contributed by atoms with Crippen LogP contribution in [0, 0.1) is 6.92 Å². The van der Waals surface area contributed by atoms with Gasteiger partial charge in [-0.25, -0.2) is 0 Å². The van der Waals surface area contributed by atoms with E-state index in [2.05, 4.69) is 5.16 Å². The molecule has 0 radical (unpaired) electrons. The molecule has 1 aliphatic heterocycles. The predicted octanol–water partition coefficient (Wildman–Crippen LogP) is 2.42. The first-order valence-corrected chi connectivity index (χ1v) is 7.22. The molecule has 0 aliphatic carbocycles. The number of hydrogen-bond acceptors (Lipinski definition) is 4. The fourth-order valence-corrected chi connectivity index (χ4v) is 2.80. The minimum atomic E-state index is -0.00659. The number of carbonyl (C=O) groups excluding carboxylic acids is 1. The number of nitrogens with two attached hydrogens (primary N) is 1. The van der Waals surface area contributed by atoms with Crippen molar-refractivity contribution in [1.82, 2.24) is 10.1 Å². The molecule has 1 aromatic heterocycles. The minimum Gasteiger partial charge on any atom is -0.359 e. The van der Waals surface area contributed by atoms with Gasteiger partial charge in [0.25, 0.3) is 5.91 Å². The highest BCUT2D eigenvalue weighted by molar-refractivity contribution is 5.94. The van der Waals surface area contributed by atoms with Gasteiger partial charge in [0, 0.05) is 24.7 Å². The van der Waals surface area contributed by atoms with Gasteiger partial charge in [-0.1, -0.05) is 17.3 Å². The molecule has 1 aliphatic rings. The zero-order valence-electron chi connectivity index (χ0n) is 12.1. The van der Waals surface area contributed by atoms with E-state index in [4.69, 9.17) is 10.3 Å². The van der Waals surface area contributed by atoms with Crippen LogP contribution < -0.4 is 5.73 Å². The zero-order valence-corrected chi connectivity index (χ0v) is 12.1. The van der Waals surface area contributed by atoms with E-state index in [0.29, 0.717) is 12.1 Å². The predicted molar refractivity (Wildman–Crippen MR) is 78.6 cm³/mol. The molecule has 21 heavy (non-hydrogen) atoms. The van der Waals surface area contributed by atoms with Crippen molar-refractivity contribution >= 4 is 5.91 Å². The van der Waals surface area contributed by atoms with Gasteiger partial charge in [0.05, 0.1) is 11.7 Å². The number of rotatable bonds is 3. The summed E-state index contributed by atoms with van der Waals surface area (Å²) < 4.78 is 5.34. The Morgan fingerprint density at radius 2 is 2.19 bits per heavy atom. The number of nitrogens with zero attached hydrogens (tertiary/aromatic N) is 2. The Morgan fingerprint density at radius 1 is 1.43 bits per heavy atom. The zero-order chi connectivity index (χ0) is 14.8. The Hall–Kier alpha value is -2.14. The number of carbonyl (C=O) groups is 1. The van der Waals surface area contributed by atoms with Crippen LogP contribution in [0.4, 0.5) is 0 Å². The lowest BCUT2D eigenvalue weighted by molar-refractivity contribution is 0.0714. The molecular weight excluding hydrogens is 266 g/mol. The van der Waals surface area contributed by atoms with E-state index >= 15 is 0 Å². The van der Waals surface area contributed by atoms with Gasteiger partial charge in [0.1, 0.15) is 0 Å². The van der Waals surface area contributed by atoms with Gasteiger partial charge in [0.15, 0.2) is 5.76 Å². The summed E-state index contributed by atoms with van der Waals surface area (Å²) in [6.45, 7) is 3.12. The van der Waals surface area contributed by atoms with Crippen molar-refractivity contribution in [2.75, 3.05) is 6.54 Å². The molecule has 0 saturated carbocycles. The molecule has 2 heterocycles. The van der Waals surface area contributed by atoms with E-state index in [1.165, 1.54) is 0 Å². The lowest BCUT2D eigenvalue weighted by atomic mass is 10.1.